The molecule has 3 N–H and O–H groups in total. The fourth-order valence-electron chi connectivity index (χ4n) is 4.60. The van der Waals surface area contributed by atoms with E-state index in [9.17, 15) is 4.79 Å². The van der Waals surface area contributed by atoms with Crippen LogP contribution in [-0.2, 0) is 5.54 Å². The van der Waals surface area contributed by atoms with Gasteiger partial charge in [-0.2, -0.15) is 0 Å². The van der Waals surface area contributed by atoms with Gasteiger partial charge in [-0.1, -0.05) is 73.9 Å². The predicted molar refractivity (Wildman–Crippen MR) is 122 cm³/mol. The lowest BCUT2D eigenvalue weighted by Crippen LogP contribution is -2.38. The lowest BCUT2D eigenvalue weighted by molar-refractivity contribution is 0.302. The van der Waals surface area contributed by atoms with Gasteiger partial charge < -0.3 is 10.7 Å². The maximum Gasteiger partial charge on any atom is 0.257 e. The molecule has 4 heteroatoms. The van der Waals surface area contributed by atoms with Crippen LogP contribution >= 0.6 is 0 Å². The summed E-state index contributed by atoms with van der Waals surface area (Å²) in [5.41, 5.74) is 12.2. The number of aromatic amines is 1. The molecule has 0 unspecified atom stereocenters. The summed E-state index contributed by atoms with van der Waals surface area (Å²) in [6.45, 7) is 0. The van der Waals surface area contributed by atoms with Crippen molar-refractivity contribution in [3.8, 4) is 22.4 Å². The molecule has 0 aliphatic heterocycles. The van der Waals surface area contributed by atoms with Crippen molar-refractivity contribution in [1.29, 1.82) is 0 Å². The second-order valence-corrected chi connectivity index (χ2v) is 8.28. The third-order valence-electron chi connectivity index (χ3n) is 6.32. The second kappa shape index (κ2) is 7.54. The Morgan fingerprint density at radius 1 is 0.867 bits per heavy atom. The molecule has 4 aromatic rings. The van der Waals surface area contributed by atoms with Crippen LogP contribution in [-0.4, -0.2) is 9.97 Å². The fraction of sp³-hybridized carbons (Fsp3) is 0.231. The van der Waals surface area contributed by atoms with Gasteiger partial charge in [-0.15, -0.1) is 0 Å². The van der Waals surface area contributed by atoms with E-state index in [-0.39, 0.29) is 11.1 Å². The third-order valence-corrected chi connectivity index (χ3v) is 6.32. The van der Waals surface area contributed by atoms with Crippen molar-refractivity contribution in [2.24, 2.45) is 5.73 Å². The first kappa shape index (κ1) is 18.8. The Balaban J connectivity index is 1.65. The summed E-state index contributed by atoms with van der Waals surface area (Å²) in [6, 6.07) is 22.4. The fourth-order valence-corrected chi connectivity index (χ4v) is 4.60. The summed E-state index contributed by atoms with van der Waals surface area (Å²) in [5, 5.41) is 0.597. The first-order chi connectivity index (χ1) is 14.6. The highest BCUT2D eigenvalue weighted by atomic mass is 16.1. The third kappa shape index (κ3) is 3.33. The smallest absolute Gasteiger partial charge is 0.257 e. The van der Waals surface area contributed by atoms with Crippen LogP contribution in [0.15, 0.2) is 77.7 Å². The summed E-state index contributed by atoms with van der Waals surface area (Å²) >= 11 is 0. The van der Waals surface area contributed by atoms with Gasteiger partial charge in [0.25, 0.3) is 5.56 Å². The largest absolute Gasteiger partial charge is 0.328 e. The Labute approximate surface area is 175 Å². The number of nitrogens with zero attached hydrogens (tertiary/aromatic N) is 1. The number of nitrogens with two attached hydrogens (primary N) is 1. The number of aromatic nitrogens is 2. The highest BCUT2D eigenvalue weighted by molar-refractivity contribution is 5.91. The van der Waals surface area contributed by atoms with E-state index in [1.165, 1.54) is 24.8 Å². The number of fused-ring (bicyclic) bond motifs is 1. The van der Waals surface area contributed by atoms with Crippen LogP contribution in [0.5, 0.6) is 0 Å². The zero-order valence-corrected chi connectivity index (χ0v) is 16.9. The molecule has 5 rings (SSSR count). The van der Waals surface area contributed by atoms with Crippen molar-refractivity contribution >= 4 is 10.9 Å². The SMILES string of the molecule is NC1(c2ccc(-c3nc4cc[nH]c(=O)c4cc3-c3ccccc3)cc2)CCCCC1. The molecule has 2 aromatic carbocycles. The Kier molecular flexibility index (Phi) is 4.72. The molecule has 30 heavy (non-hydrogen) atoms. The van der Waals surface area contributed by atoms with Gasteiger partial charge in [-0.05, 0) is 36.1 Å². The maximum absolute atomic E-state index is 12.4. The topological polar surface area (TPSA) is 71.8 Å². The normalized spacial score (nSPS) is 15.9. The first-order valence-corrected chi connectivity index (χ1v) is 10.6. The minimum atomic E-state index is -0.219. The van der Waals surface area contributed by atoms with Crippen molar-refractivity contribution in [3.63, 3.8) is 0 Å². The molecule has 0 spiro atoms. The Morgan fingerprint density at radius 2 is 1.60 bits per heavy atom. The summed E-state index contributed by atoms with van der Waals surface area (Å²) in [5.74, 6) is 0. The van der Waals surface area contributed by atoms with Crippen LogP contribution in [0.4, 0.5) is 0 Å². The molecule has 0 radical (unpaired) electrons. The molecule has 2 aromatic heterocycles. The molecular formula is C26H25N3O. The van der Waals surface area contributed by atoms with Gasteiger partial charge in [0.2, 0.25) is 0 Å². The van der Waals surface area contributed by atoms with Gasteiger partial charge in [-0.3, -0.25) is 4.79 Å². The number of nitrogens with one attached hydrogen (secondary N) is 1. The van der Waals surface area contributed by atoms with Gasteiger partial charge in [0.1, 0.15) is 0 Å². The summed E-state index contributed by atoms with van der Waals surface area (Å²) in [4.78, 5) is 20.0. The second-order valence-electron chi connectivity index (χ2n) is 8.28. The number of rotatable bonds is 3. The van der Waals surface area contributed by atoms with Gasteiger partial charge >= 0.3 is 0 Å². The average Bonchev–Trinajstić information content (AvgIpc) is 2.80. The van der Waals surface area contributed by atoms with Gasteiger partial charge in [0.15, 0.2) is 0 Å². The Bertz CT molecular complexity index is 1240. The van der Waals surface area contributed by atoms with E-state index in [0.717, 1.165) is 35.2 Å². The van der Waals surface area contributed by atoms with E-state index < -0.39 is 0 Å². The summed E-state index contributed by atoms with van der Waals surface area (Å²) in [6.07, 6.45) is 7.39. The van der Waals surface area contributed by atoms with Crippen LogP contribution in [0.1, 0.15) is 37.7 Å². The standard InChI is InChI=1S/C26H25N3O/c27-26(14-5-2-6-15-26)20-11-9-19(10-12-20)24-21(18-7-3-1-4-8-18)17-22-23(29-24)13-16-28-25(22)30/h1,3-4,7-13,16-17H,2,5-6,14-15,27H2,(H,28,30). The molecule has 150 valence electrons. The average molecular weight is 396 g/mol. The lowest BCUT2D eigenvalue weighted by Gasteiger charge is -2.34. The predicted octanol–water partition coefficient (Wildman–Crippen LogP) is 5.38. The molecule has 0 amide bonds. The van der Waals surface area contributed by atoms with Crippen LogP contribution < -0.4 is 11.3 Å². The highest BCUT2D eigenvalue weighted by Gasteiger charge is 2.29. The van der Waals surface area contributed by atoms with Crippen molar-refractivity contribution in [1.82, 2.24) is 9.97 Å². The van der Waals surface area contributed by atoms with E-state index in [1.807, 2.05) is 30.3 Å². The van der Waals surface area contributed by atoms with Crippen LogP contribution in [0, 0.1) is 0 Å². The van der Waals surface area contributed by atoms with Crippen molar-refractivity contribution in [2.45, 2.75) is 37.6 Å². The lowest BCUT2D eigenvalue weighted by atomic mass is 9.77. The number of hydrogen-bond donors (Lipinski definition) is 2. The quantitative estimate of drug-likeness (QED) is 0.489. The zero-order chi connectivity index (χ0) is 20.6. The van der Waals surface area contributed by atoms with Gasteiger partial charge in [-0.25, -0.2) is 4.98 Å². The van der Waals surface area contributed by atoms with Gasteiger partial charge in [0.05, 0.1) is 16.6 Å². The zero-order valence-electron chi connectivity index (χ0n) is 16.9. The van der Waals surface area contributed by atoms with E-state index in [4.69, 9.17) is 10.7 Å². The Morgan fingerprint density at radius 3 is 2.33 bits per heavy atom. The minimum Gasteiger partial charge on any atom is -0.328 e. The van der Waals surface area contributed by atoms with E-state index >= 15 is 0 Å². The van der Waals surface area contributed by atoms with Crippen molar-refractivity contribution in [3.05, 3.63) is 88.8 Å². The minimum absolute atomic E-state index is 0.124. The van der Waals surface area contributed by atoms with E-state index in [1.54, 1.807) is 6.20 Å². The molecular weight excluding hydrogens is 370 g/mol. The van der Waals surface area contributed by atoms with E-state index in [2.05, 4.69) is 41.4 Å². The van der Waals surface area contributed by atoms with Crippen molar-refractivity contribution < 1.29 is 0 Å². The maximum atomic E-state index is 12.4. The number of H-pyrrole nitrogens is 1. The molecule has 2 heterocycles. The molecule has 0 bridgehead atoms. The summed E-state index contributed by atoms with van der Waals surface area (Å²) in [7, 11) is 0. The molecule has 0 saturated heterocycles. The number of pyridine rings is 2. The molecule has 0 atom stereocenters. The monoisotopic (exact) mass is 395 g/mol. The summed E-state index contributed by atoms with van der Waals surface area (Å²) < 4.78 is 0. The van der Waals surface area contributed by atoms with Gasteiger partial charge in [0, 0.05) is 22.9 Å². The first-order valence-electron chi connectivity index (χ1n) is 10.6. The molecule has 1 saturated carbocycles. The molecule has 4 nitrogen and oxygen atoms in total. The number of hydrogen-bond acceptors (Lipinski definition) is 3. The highest BCUT2D eigenvalue weighted by Crippen LogP contribution is 2.37. The van der Waals surface area contributed by atoms with Crippen LogP contribution in [0.3, 0.4) is 0 Å². The Hall–Kier alpha value is -3.24. The van der Waals surface area contributed by atoms with Crippen LogP contribution in [0.2, 0.25) is 0 Å². The van der Waals surface area contributed by atoms with Crippen LogP contribution in [0.25, 0.3) is 33.3 Å². The van der Waals surface area contributed by atoms with Crippen molar-refractivity contribution in [2.75, 3.05) is 0 Å². The molecule has 1 aliphatic carbocycles. The molecule has 1 fully saturated rings. The number of benzene rings is 2. The molecule has 1 aliphatic rings. The van der Waals surface area contributed by atoms with E-state index in [0.29, 0.717) is 10.9 Å².